The SMILES string of the molecule is O=C(C1CCOCC1)N1CCCC2(C1)CN(c1cccc(F)c1)C(=O)CO2. The number of anilines is 1. The standard InChI is InChI=1S/C20H25FN2O4/c21-16-3-1-4-17(11-16)23-14-20(27-12-18(23)24)7-2-8-22(13-20)19(25)15-5-9-26-10-6-15/h1,3-4,11,15H,2,5-10,12-14H2. The fraction of sp³-hybridized carbons (Fsp3) is 0.600. The molecule has 0 N–H and O–H groups in total. The Labute approximate surface area is 158 Å². The fourth-order valence-corrected chi connectivity index (χ4v) is 4.33. The van der Waals surface area contributed by atoms with Crippen molar-refractivity contribution < 1.29 is 23.5 Å². The quantitative estimate of drug-likeness (QED) is 0.792. The number of amides is 2. The lowest BCUT2D eigenvalue weighted by molar-refractivity contribution is -0.157. The van der Waals surface area contributed by atoms with Crippen molar-refractivity contribution in [2.45, 2.75) is 31.3 Å². The van der Waals surface area contributed by atoms with Crippen LogP contribution in [0.25, 0.3) is 0 Å². The van der Waals surface area contributed by atoms with Crippen LogP contribution in [0.15, 0.2) is 24.3 Å². The number of halogens is 1. The summed E-state index contributed by atoms with van der Waals surface area (Å²) >= 11 is 0. The zero-order chi connectivity index (χ0) is 18.9. The molecular formula is C20H25FN2O4. The summed E-state index contributed by atoms with van der Waals surface area (Å²) in [6, 6.07) is 6.06. The van der Waals surface area contributed by atoms with Crippen LogP contribution in [0, 0.1) is 11.7 Å². The first-order chi connectivity index (χ1) is 13.1. The maximum Gasteiger partial charge on any atom is 0.253 e. The number of carbonyl (C=O) groups is 2. The van der Waals surface area contributed by atoms with Crippen LogP contribution >= 0.6 is 0 Å². The van der Waals surface area contributed by atoms with Crippen molar-refractivity contribution in [1.29, 1.82) is 0 Å². The van der Waals surface area contributed by atoms with Crippen LogP contribution in [-0.4, -0.2) is 61.8 Å². The van der Waals surface area contributed by atoms with Gasteiger partial charge in [-0.1, -0.05) is 6.07 Å². The fourth-order valence-electron chi connectivity index (χ4n) is 4.33. The highest BCUT2D eigenvalue weighted by atomic mass is 19.1. The van der Waals surface area contributed by atoms with Gasteiger partial charge in [0.05, 0.1) is 13.1 Å². The molecule has 27 heavy (non-hydrogen) atoms. The van der Waals surface area contributed by atoms with E-state index in [1.54, 1.807) is 17.0 Å². The molecule has 2 amide bonds. The molecule has 1 unspecified atom stereocenters. The summed E-state index contributed by atoms with van der Waals surface area (Å²) < 4.78 is 25.0. The number of morpholine rings is 1. The first kappa shape index (κ1) is 18.4. The second kappa shape index (κ2) is 7.56. The van der Waals surface area contributed by atoms with Crippen molar-refractivity contribution in [3.8, 4) is 0 Å². The highest BCUT2D eigenvalue weighted by Gasteiger charge is 2.45. The molecule has 1 atom stereocenters. The summed E-state index contributed by atoms with van der Waals surface area (Å²) in [7, 11) is 0. The van der Waals surface area contributed by atoms with Gasteiger partial charge in [-0.05, 0) is 43.9 Å². The molecule has 3 fully saturated rings. The van der Waals surface area contributed by atoms with Gasteiger partial charge in [-0.15, -0.1) is 0 Å². The van der Waals surface area contributed by atoms with E-state index < -0.39 is 5.60 Å². The predicted octanol–water partition coefficient (Wildman–Crippen LogP) is 1.98. The lowest BCUT2D eigenvalue weighted by Gasteiger charge is -2.48. The largest absolute Gasteiger partial charge is 0.381 e. The van der Waals surface area contributed by atoms with Crippen molar-refractivity contribution >= 4 is 17.5 Å². The lowest BCUT2D eigenvalue weighted by atomic mass is 9.88. The molecule has 0 radical (unpaired) electrons. The normalized spacial score (nSPS) is 27.2. The average Bonchev–Trinajstić information content (AvgIpc) is 2.70. The van der Waals surface area contributed by atoms with E-state index in [0.717, 1.165) is 32.2 Å². The van der Waals surface area contributed by atoms with Gasteiger partial charge in [-0.3, -0.25) is 9.59 Å². The van der Waals surface area contributed by atoms with Crippen LogP contribution in [-0.2, 0) is 19.1 Å². The van der Waals surface area contributed by atoms with Gasteiger partial charge < -0.3 is 19.3 Å². The van der Waals surface area contributed by atoms with Gasteiger partial charge in [0, 0.05) is 31.4 Å². The highest BCUT2D eigenvalue weighted by molar-refractivity contribution is 5.95. The maximum atomic E-state index is 13.6. The van der Waals surface area contributed by atoms with Gasteiger partial charge in [0.2, 0.25) is 5.91 Å². The van der Waals surface area contributed by atoms with Crippen LogP contribution < -0.4 is 4.90 Å². The number of hydrogen-bond acceptors (Lipinski definition) is 4. The Hall–Kier alpha value is -1.99. The van der Waals surface area contributed by atoms with Crippen molar-refractivity contribution in [1.82, 2.24) is 4.90 Å². The molecule has 3 aliphatic heterocycles. The number of hydrogen-bond donors (Lipinski definition) is 0. The van der Waals surface area contributed by atoms with Gasteiger partial charge >= 0.3 is 0 Å². The van der Waals surface area contributed by atoms with Crippen LogP contribution in [0.5, 0.6) is 0 Å². The Morgan fingerprint density at radius 1 is 1.22 bits per heavy atom. The summed E-state index contributed by atoms with van der Waals surface area (Å²) in [6.45, 7) is 2.75. The molecule has 7 heteroatoms. The van der Waals surface area contributed by atoms with Crippen molar-refractivity contribution in [3.63, 3.8) is 0 Å². The molecular weight excluding hydrogens is 351 g/mol. The van der Waals surface area contributed by atoms with Crippen molar-refractivity contribution in [2.24, 2.45) is 5.92 Å². The summed E-state index contributed by atoms with van der Waals surface area (Å²) in [5.74, 6) is -0.381. The number of carbonyl (C=O) groups excluding carboxylic acids is 2. The van der Waals surface area contributed by atoms with Crippen LogP contribution in [0.1, 0.15) is 25.7 Å². The Kier molecular flexibility index (Phi) is 5.14. The Bertz CT molecular complexity index is 722. The molecule has 0 bridgehead atoms. The zero-order valence-electron chi connectivity index (χ0n) is 15.4. The summed E-state index contributed by atoms with van der Waals surface area (Å²) in [6.07, 6.45) is 3.14. The molecule has 1 spiro atoms. The smallest absolute Gasteiger partial charge is 0.253 e. The van der Waals surface area contributed by atoms with Gasteiger partial charge in [0.15, 0.2) is 0 Å². The molecule has 4 rings (SSSR count). The molecule has 0 aliphatic carbocycles. The van der Waals surface area contributed by atoms with Crippen molar-refractivity contribution in [3.05, 3.63) is 30.1 Å². The minimum atomic E-state index is -0.584. The van der Waals surface area contributed by atoms with Crippen LogP contribution in [0.2, 0.25) is 0 Å². The number of likely N-dealkylation sites (tertiary alicyclic amines) is 1. The first-order valence-corrected chi connectivity index (χ1v) is 9.63. The van der Waals surface area contributed by atoms with E-state index in [1.165, 1.54) is 12.1 Å². The van der Waals surface area contributed by atoms with E-state index in [4.69, 9.17) is 9.47 Å². The third-order valence-electron chi connectivity index (χ3n) is 5.79. The molecule has 146 valence electrons. The number of ether oxygens (including phenoxy) is 2. The van der Waals surface area contributed by atoms with Gasteiger partial charge in [0.1, 0.15) is 18.0 Å². The molecule has 1 aromatic rings. The second-order valence-electron chi connectivity index (χ2n) is 7.68. The predicted molar refractivity (Wildman–Crippen MR) is 96.8 cm³/mol. The molecule has 3 heterocycles. The van der Waals surface area contributed by atoms with Crippen LogP contribution in [0.4, 0.5) is 10.1 Å². The number of piperidine rings is 1. The zero-order valence-corrected chi connectivity index (χ0v) is 15.4. The minimum Gasteiger partial charge on any atom is -0.381 e. The summed E-state index contributed by atoms with van der Waals surface area (Å²) in [4.78, 5) is 28.8. The Morgan fingerprint density at radius 2 is 2.04 bits per heavy atom. The number of nitrogens with zero attached hydrogens (tertiary/aromatic N) is 2. The number of benzene rings is 1. The Balaban J connectivity index is 1.50. The third kappa shape index (κ3) is 3.84. The topological polar surface area (TPSA) is 59.1 Å². The lowest BCUT2D eigenvalue weighted by Crippen LogP contribution is -2.62. The molecule has 0 aromatic heterocycles. The van der Waals surface area contributed by atoms with Gasteiger partial charge in [-0.2, -0.15) is 0 Å². The van der Waals surface area contributed by atoms with E-state index in [9.17, 15) is 14.0 Å². The average molecular weight is 376 g/mol. The third-order valence-corrected chi connectivity index (χ3v) is 5.79. The van der Waals surface area contributed by atoms with Crippen LogP contribution in [0.3, 0.4) is 0 Å². The molecule has 3 saturated heterocycles. The number of rotatable bonds is 2. The molecule has 6 nitrogen and oxygen atoms in total. The van der Waals surface area contributed by atoms with E-state index in [0.29, 0.717) is 32.0 Å². The van der Waals surface area contributed by atoms with E-state index in [-0.39, 0.29) is 30.2 Å². The first-order valence-electron chi connectivity index (χ1n) is 9.63. The Morgan fingerprint density at radius 3 is 2.81 bits per heavy atom. The van der Waals surface area contributed by atoms with E-state index in [1.807, 2.05) is 4.90 Å². The van der Waals surface area contributed by atoms with Gasteiger partial charge in [-0.25, -0.2) is 4.39 Å². The van der Waals surface area contributed by atoms with E-state index >= 15 is 0 Å². The molecule has 3 aliphatic rings. The minimum absolute atomic E-state index is 0.0124. The highest BCUT2D eigenvalue weighted by Crippen LogP contribution is 2.33. The van der Waals surface area contributed by atoms with E-state index in [2.05, 4.69) is 0 Å². The summed E-state index contributed by atoms with van der Waals surface area (Å²) in [5.41, 5.74) is -0.0465. The van der Waals surface area contributed by atoms with Crippen molar-refractivity contribution in [2.75, 3.05) is 44.4 Å². The second-order valence-corrected chi connectivity index (χ2v) is 7.68. The van der Waals surface area contributed by atoms with Gasteiger partial charge in [0.25, 0.3) is 5.91 Å². The maximum absolute atomic E-state index is 13.6. The molecule has 0 saturated carbocycles. The summed E-state index contributed by atoms with van der Waals surface area (Å²) in [5, 5.41) is 0. The molecule has 1 aromatic carbocycles. The monoisotopic (exact) mass is 376 g/mol.